The fourth-order valence-electron chi connectivity index (χ4n) is 3.42. The van der Waals surface area contributed by atoms with Gasteiger partial charge in [0.25, 0.3) is 11.8 Å². The number of rotatable bonds is 8. The van der Waals surface area contributed by atoms with Gasteiger partial charge < -0.3 is 20.4 Å². The number of hydrogen-bond donors (Lipinski definition) is 3. The van der Waals surface area contributed by atoms with E-state index in [4.69, 9.17) is 4.74 Å². The summed E-state index contributed by atoms with van der Waals surface area (Å²) in [6.45, 7) is 4.68. The van der Waals surface area contributed by atoms with Gasteiger partial charge in [-0.15, -0.1) is 0 Å². The normalized spacial score (nSPS) is 13.3. The molecule has 1 saturated carbocycles. The fourth-order valence-corrected chi connectivity index (χ4v) is 3.42. The van der Waals surface area contributed by atoms with Gasteiger partial charge in [0, 0.05) is 34.7 Å². The second-order valence-corrected chi connectivity index (χ2v) is 7.92. The summed E-state index contributed by atoms with van der Waals surface area (Å²) in [5.41, 5.74) is 5.11. The van der Waals surface area contributed by atoms with E-state index in [-0.39, 0.29) is 18.4 Å². The maximum atomic E-state index is 12.5. The van der Waals surface area contributed by atoms with Crippen molar-refractivity contribution in [2.75, 3.05) is 13.2 Å². The Morgan fingerprint density at radius 3 is 2.60 bits per heavy atom. The van der Waals surface area contributed by atoms with Crippen LogP contribution in [0.2, 0.25) is 0 Å². The number of aryl methyl sites for hydroxylation is 2. The zero-order valence-corrected chi connectivity index (χ0v) is 17.4. The van der Waals surface area contributed by atoms with Crippen molar-refractivity contribution in [3.63, 3.8) is 0 Å². The Balaban J connectivity index is 1.25. The van der Waals surface area contributed by atoms with Gasteiger partial charge >= 0.3 is 0 Å². The molecule has 30 heavy (non-hydrogen) atoms. The van der Waals surface area contributed by atoms with Crippen molar-refractivity contribution in [2.24, 2.45) is 0 Å². The lowest BCUT2D eigenvalue weighted by atomic mass is 10.1. The first-order valence-corrected chi connectivity index (χ1v) is 10.4. The molecule has 1 fully saturated rings. The summed E-state index contributed by atoms with van der Waals surface area (Å²) in [5, 5.41) is 6.96. The van der Waals surface area contributed by atoms with Crippen LogP contribution < -0.4 is 15.4 Å². The van der Waals surface area contributed by atoms with Crippen LogP contribution in [-0.2, 0) is 11.2 Å². The Hall–Kier alpha value is -3.28. The molecule has 3 N–H and O–H groups in total. The minimum absolute atomic E-state index is 0.0381. The van der Waals surface area contributed by atoms with E-state index >= 15 is 0 Å². The van der Waals surface area contributed by atoms with Crippen LogP contribution in [0.25, 0.3) is 10.9 Å². The largest absolute Gasteiger partial charge is 0.484 e. The maximum Gasteiger partial charge on any atom is 0.258 e. The van der Waals surface area contributed by atoms with E-state index in [1.54, 1.807) is 0 Å². The summed E-state index contributed by atoms with van der Waals surface area (Å²) in [6.07, 6.45) is 2.85. The lowest BCUT2D eigenvalue weighted by Crippen LogP contribution is -2.30. The van der Waals surface area contributed by atoms with Gasteiger partial charge in [-0.25, -0.2) is 0 Å². The number of aromatic nitrogens is 1. The highest BCUT2D eigenvalue weighted by Gasteiger charge is 2.23. The minimum atomic E-state index is -0.0764. The van der Waals surface area contributed by atoms with Crippen molar-refractivity contribution in [2.45, 2.75) is 39.2 Å². The summed E-state index contributed by atoms with van der Waals surface area (Å²) in [5.74, 6) is 0.517. The molecule has 0 saturated heterocycles. The molecule has 6 heteroatoms. The second kappa shape index (κ2) is 8.61. The van der Waals surface area contributed by atoms with Crippen LogP contribution in [0.1, 0.15) is 40.0 Å². The van der Waals surface area contributed by atoms with Crippen LogP contribution in [0.5, 0.6) is 5.75 Å². The van der Waals surface area contributed by atoms with Gasteiger partial charge in [-0.1, -0.05) is 12.1 Å². The number of amides is 2. The monoisotopic (exact) mass is 405 g/mol. The highest BCUT2D eigenvalue weighted by atomic mass is 16.5. The molecule has 0 atom stereocenters. The van der Waals surface area contributed by atoms with Crippen LogP contribution in [-0.4, -0.2) is 36.0 Å². The fraction of sp³-hybridized carbons (Fsp3) is 0.333. The van der Waals surface area contributed by atoms with Gasteiger partial charge in [0.2, 0.25) is 0 Å². The molecule has 0 radical (unpaired) electrons. The molecule has 4 rings (SSSR count). The highest BCUT2D eigenvalue weighted by Crippen LogP contribution is 2.22. The van der Waals surface area contributed by atoms with Gasteiger partial charge in [-0.05, 0) is 74.6 Å². The third-order valence-electron chi connectivity index (χ3n) is 5.51. The summed E-state index contributed by atoms with van der Waals surface area (Å²) >= 11 is 0. The summed E-state index contributed by atoms with van der Waals surface area (Å²) in [6, 6.07) is 13.7. The number of hydrogen-bond acceptors (Lipinski definition) is 3. The number of fused-ring (bicyclic) bond motifs is 1. The first-order valence-electron chi connectivity index (χ1n) is 10.4. The van der Waals surface area contributed by atoms with Gasteiger partial charge in [-0.2, -0.15) is 0 Å². The standard InChI is InChI=1S/C24H27N3O3/c1-15-16(2)26-22-10-5-18(13-21(15)22)24(29)25-12-11-17-3-8-20(9-4-17)30-14-23(28)27-19-6-7-19/h3-5,8-10,13,19,26H,6-7,11-12,14H2,1-2H3,(H,25,29)(H,27,28). The van der Waals surface area contributed by atoms with Gasteiger partial charge in [0.15, 0.2) is 6.61 Å². The smallest absolute Gasteiger partial charge is 0.258 e. The first-order chi connectivity index (χ1) is 14.5. The number of nitrogens with one attached hydrogen (secondary N) is 3. The molecule has 0 unspecified atom stereocenters. The molecule has 1 aromatic heterocycles. The Kier molecular flexibility index (Phi) is 5.74. The third kappa shape index (κ3) is 4.82. The molecule has 0 bridgehead atoms. The van der Waals surface area contributed by atoms with Crippen LogP contribution in [0, 0.1) is 13.8 Å². The van der Waals surface area contributed by atoms with E-state index in [2.05, 4.69) is 22.5 Å². The average Bonchev–Trinajstić information content (AvgIpc) is 3.51. The topological polar surface area (TPSA) is 83.2 Å². The van der Waals surface area contributed by atoms with E-state index in [9.17, 15) is 9.59 Å². The lowest BCUT2D eigenvalue weighted by Gasteiger charge is -2.08. The second-order valence-electron chi connectivity index (χ2n) is 7.92. The van der Waals surface area contributed by atoms with E-state index in [0.29, 0.717) is 23.9 Å². The molecular weight excluding hydrogens is 378 g/mol. The molecule has 1 aliphatic rings. The predicted molar refractivity (Wildman–Crippen MR) is 117 cm³/mol. The maximum absolute atomic E-state index is 12.5. The third-order valence-corrected chi connectivity index (χ3v) is 5.51. The van der Waals surface area contributed by atoms with Gasteiger partial charge in [0.1, 0.15) is 5.75 Å². The van der Waals surface area contributed by atoms with E-state index in [1.807, 2.05) is 49.4 Å². The van der Waals surface area contributed by atoms with Crippen LogP contribution in [0.3, 0.4) is 0 Å². The predicted octanol–water partition coefficient (Wildman–Crippen LogP) is 3.41. The van der Waals surface area contributed by atoms with Crippen molar-refractivity contribution in [1.82, 2.24) is 15.6 Å². The number of aromatic amines is 1. The SMILES string of the molecule is Cc1[nH]c2ccc(C(=O)NCCc3ccc(OCC(=O)NC4CC4)cc3)cc2c1C. The van der Waals surface area contributed by atoms with Crippen LogP contribution in [0.4, 0.5) is 0 Å². The van der Waals surface area contributed by atoms with Crippen molar-refractivity contribution in [1.29, 1.82) is 0 Å². The first kappa shape index (κ1) is 20.0. The van der Waals surface area contributed by atoms with E-state index in [0.717, 1.165) is 41.4 Å². The average molecular weight is 405 g/mol. The lowest BCUT2D eigenvalue weighted by molar-refractivity contribution is -0.123. The quantitative estimate of drug-likeness (QED) is 0.537. The molecule has 2 aromatic carbocycles. The molecule has 0 spiro atoms. The Morgan fingerprint density at radius 1 is 1.10 bits per heavy atom. The Bertz CT molecular complexity index is 1070. The Morgan fingerprint density at radius 2 is 1.87 bits per heavy atom. The van der Waals surface area contributed by atoms with Crippen molar-refractivity contribution in [3.05, 3.63) is 64.8 Å². The minimum Gasteiger partial charge on any atom is -0.484 e. The zero-order valence-electron chi connectivity index (χ0n) is 17.4. The number of carbonyl (C=O) groups excluding carboxylic acids is 2. The van der Waals surface area contributed by atoms with Crippen molar-refractivity contribution >= 4 is 22.7 Å². The zero-order chi connectivity index (χ0) is 21.1. The van der Waals surface area contributed by atoms with Gasteiger partial charge in [0.05, 0.1) is 0 Å². The van der Waals surface area contributed by atoms with Crippen LogP contribution >= 0.6 is 0 Å². The summed E-state index contributed by atoms with van der Waals surface area (Å²) in [4.78, 5) is 27.5. The van der Waals surface area contributed by atoms with Gasteiger partial charge in [-0.3, -0.25) is 9.59 Å². The molecule has 156 valence electrons. The van der Waals surface area contributed by atoms with Crippen LogP contribution in [0.15, 0.2) is 42.5 Å². The Labute approximate surface area is 176 Å². The number of ether oxygens (including phenoxy) is 1. The number of H-pyrrole nitrogens is 1. The molecule has 2 amide bonds. The molecule has 6 nitrogen and oxygen atoms in total. The molecule has 0 aliphatic heterocycles. The molecule has 1 heterocycles. The molecular formula is C24H27N3O3. The van der Waals surface area contributed by atoms with Crippen molar-refractivity contribution in [3.8, 4) is 5.75 Å². The van der Waals surface area contributed by atoms with E-state index < -0.39 is 0 Å². The summed E-state index contributed by atoms with van der Waals surface area (Å²) in [7, 11) is 0. The highest BCUT2D eigenvalue weighted by molar-refractivity contribution is 5.99. The summed E-state index contributed by atoms with van der Waals surface area (Å²) < 4.78 is 5.51. The molecule has 3 aromatic rings. The van der Waals surface area contributed by atoms with E-state index in [1.165, 1.54) is 5.56 Å². The number of carbonyl (C=O) groups is 2. The number of benzene rings is 2. The van der Waals surface area contributed by atoms with Crippen molar-refractivity contribution < 1.29 is 14.3 Å². The molecule has 1 aliphatic carbocycles.